The maximum absolute atomic E-state index is 6.21. The van der Waals surface area contributed by atoms with Crippen molar-refractivity contribution >= 4 is 11.6 Å². The van der Waals surface area contributed by atoms with E-state index < -0.39 is 0 Å². The molecule has 2 fully saturated rings. The van der Waals surface area contributed by atoms with Crippen LogP contribution in [-0.4, -0.2) is 52.2 Å². The minimum Gasteiger partial charge on any atom is -0.298 e. The van der Waals surface area contributed by atoms with Gasteiger partial charge in [-0.2, -0.15) is 5.10 Å². The summed E-state index contributed by atoms with van der Waals surface area (Å²) in [6.07, 6.45) is 2.71. The highest BCUT2D eigenvalue weighted by molar-refractivity contribution is 6.31. The van der Waals surface area contributed by atoms with Crippen LogP contribution in [0.1, 0.15) is 24.2 Å². The summed E-state index contributed by atoms with van der Waals surface area (Å²) < 4.78 is 0. The van der Waals surface area contributed by atoms with Crippen molar-refractivity contribution in [2.75, 3.05) is 26.2 Å². The van der Waals surface area contributed by atoms with Gasteiger partial charge in [-0.3, -0.25) is 14.9 Å². The van der Waals surface area contributed by atoms with Gasteiger partial charge in [0.2, 0.25) is 0 Å². The van der Waals surface area contributed by atoms with E-state index in [4.69, 9.17) is 11.6 Å². The summed E-state index contributed by atoms with van der Waals surface area (Å²) in [5.41, 5.74) is 1.97. The molecule has 2 saturated heterocycles. The van der Waals surface area contributed by atoms with Crippen LogP contribution in [0.5, 0.6) is 0 Å². The molecule has 3 rings (SSSR count). The van der Waals surface area contributed by atoms with Crippen LogP contribution < -0.4 is 0 Å². The lowest BCUT2D eigenvalue weighted by Crippen LogP contribution is -2.49. The number of aryl methyl sites for hydroxylation is 1. The van der Waals surface area contributed by atoms with E-state index in [2.05, 4.69) is 20.0 Å². The molecular weight excluding hydrogens is 236 g/mol. The molecule has 1 aromatic rings. The zero-order chi connectivity index (χ0) is 11.8. The standard InChI is InChI=1S/C12H19ClN4/c1-9-12(13)11(15-14-9)8-16-5-6-17-4-2-3-10(17)7-16/h10H,2-8H2,1H3,(H,14,15). The number of aromatic nitrogens is 2. The molecule has 1 atom stereocenters. The molecule has 0 aromatic carbocycles. The molecule has 17 heavy (non-hydrogen) atoms. The van der Waals surface area contributed by atoms with Crippen LogP contribution in [0, 0.1) is 6.92 Å². The Kier molecular flexibility index (Phi) is 3.11. The quantitative estimate of drug-likeness (QED) is 0.872. The largest absolute Gasteiger partial charge is 0.298 e. The Morgan fingerprint density at radius 1 is 1.41 bits per heavy atom. The van der Waals surface area contributed by atoms with Crippen LogP contribution in [0.3, 0.4) is 0 Å². The first-order chi connectivity index (χ1) is 8.24. The van der Waals surface area contributed by atoms with Gasteiger partial charge in [-0.15, -0.1) is 0 Å². The van der Waals surface area contributed by atoms with E-state index in [9.17, 15) is 0 Å². The lowest BCUT2D eigenvalue weighted by molar-refractivity contribution is 0.0984. The summed E-state index contributed by atoms with van der Waals surface area (Å²) in [6, 6.07) is 0.766. The lowest BCUT2D eigenvalue weighted by atomic mass is 10.1. The molecule has 0 aliphatic carbocycles. The molecule has 0 amide bonds. The summed E-state index contributed by atoms with van der Waals surface area (Å²) in [4.78, 5) is 5.10. The zero-order valence-electron chi connectivity index (χ0n) is 10.2. The Bertz CT molecular complexity index is 403. The summed E-state index contributed by atoms with van der Waals surface area (Å²) in [6.45, 7) is 7.65. The normalized spacial score (nSPS) is 26.4. The van der Waals surface area contributed by atoms with E-state index in [0.717, 1.165) is 35.5 Å². The number of nitrogens with one attached hydrogen (secondary N) is 1. The second-order valence-electron chi connectivity index (χ2n) is 5.18. The molecule has 1 N–H and O–H groups in total. The summed E-state index contributed by atoms with van der Waals surface area (Å²) in [5.74, 6) is 0. The third-order valence-electron chi connectivity index (χ3n) is 3.99. The first-order valence-electron chi connectivity index (χ1n) is 6.40. The van der Waals surface area contributed by atoms with Crippen LogP contribution >= 0.6 is 11.6 Å². The minimum absolute atomic E-state index is 0.766. The SMILES string of the molecule is Cc1[nH]nc(CN2CCN3CCCC3C2)c1Cl. The van der Waals surface area contributed by atoms with E-state index in [-0.39, 0.29) is 0 Å². The van der Waals surface area contributed by atoms with E-state index in [1.165, 1.54) is 32.5 Å². The van der Waals surface area contributed by atoms with E-state index >= 15 is 0 Å². The maximum Gasteiger partial charge on any atom is 0.0951 e. The molecule has 2 aliphatic rings. The fourth-order valence-electron chi connectivity index (χ4n) is 2.98. The number of H-pyrrole nitrogens is 1. The highest BCUT2D eigenvalue weighted by Gasteiger charge is 2.30. The zero-order valence-corrected chi connectivity index (χ0v) is 11.0. The van der Waals surface area contributed by atoms with Gasteiger partial charge < -0.3 is 0 Å². The molecule has 1 unspecified atom stereocenters. The van der Waals surface area contributed by atoms with Crippen LogP contribution in [-0.2, 0) is 6.54 Å². The molecule has 0 saturated carbocycles. The molecular formula is C12H19ClN4. The van der Waals surface area contributed by atoms with E-state index in [1.807, 2.05) is 6.92 Å². The highest BCUT2D eigenvalue weighted by atomic mass is 35.5. The molecule has 0 radical (unpaired) electrons. The number of fused-ring (bicyclic) bond motifs is 1. The van der Waals surface area contributed by atoms with E-state index in [1.54, 1.807) is 0 Å². The van der Waals surface area contributed by atoms with Gasteiger partial charge in [0, 0.05) is 32.2 Å². The topological polar surface area (TPSA) is 35.2 Å². The number of hydrogen-bond donors (Lipinski definition) is 1. The van der Waals surface area contributed by atoms with Crippen LogP contribution in [0.15, 0.2) is 0 Å². The second kappa shape index (κ2) is 4.59. The average molecular weight is 255 g/mol. The Labute approximate surface area is 107 Å². The summed E-state index contributed by atoms with van der Waals surface area (Å²) >= 11 is 6.21. The highest BCUT2D eigenvalue weighted by Crippen LogP contribution is 2.24. The van der Waals surface area contributed by atoms with Crippen molar-refractivity contribution in [2.45, 2.75) is 32.4 Å². The first kappa shape index (κ1) is 11.5. The molecule has 5 heteroatoms. The molecule has 2 aliphatic heterocycles. The van der Waals surface area contributed by atoms with Crippen LogP contribution in [0.4, 0.5) is 0 Å². The fourth-order valence-corrected chi connectivity index (χ4v) is 3.13. The van der Waals surface area contributed by atoms with Gasteiger partial charge in [0.15, 0.2) is 0 Å². The number of piperazine rings is 1. The number of halogens is 1. The van der Waals surface area contributed by atoms with Crippen molar-refractivity contribution in [3.8, 4) is 0 Å². The molecule has 0 spiro atoms. The van der Waals surface area contributed by atoms with Crippen molar-refractivity contribution in [1.82, 2.24) is 20.0 Å². The number of nitrogens with zero attached hydrogens (tertiary/aromatic N) is 3. The minimum atomic E-state index is 0.766. The predicted octanol–water partition coefficient (Wildman–Crippen LogP) is 1.65. The van der Waals surface area contributed by atoms with Crippen molar-refractivity contribution in [3.63, 3.8) is 0 Å². The van der Waals surface area contributed by atoms with E-state index in [0.29, 0.717) is 0 Å². The van der Waals surface area contributed by atoms with Gasteiger partial charge in [-0.05, 0) is 26.3 Å². The Hall–Kier alpha value is -0.580. The van der Waals surface area contributed by atoms with Crippen molar-refractivity contribution < 1.29 is 0 Å². The molecule has 0 bridgehead atoms. The average Bonchev–Trinajstić information content (AvgIpc) is 2.90. The monoisotopic (exact) mass is 254 g/mol. The Balaban J connectivity index is 1.64. The number of rotatable bonds is 2. The molecule has 3 heterocycles. The molecule has 4 nitrogen and oxygen atoms in total. The Morgan fingerprint density at radius 3 is 3.06 bits per heavy atom. The third-order valence-corrected chi connectivity index (χ3v) is 4.49. The van der Waals surface area contributed by atoms with Crippen molar-refractivity contribution in [3.05, 3.63) is 16.4 Å². The van der Waals surface area contributed by atoms with Crippen LogP contribution in [0.25, 0.3) is 0 Å². The van der Waals surface area contributed by atoms with Crippen LogP contribution in [0.2, 0.25) is 5.02 Å². The summed E-state index contributed by atoms with van der Waals surface area (Å²) in [7, 11) is 0. The molecule has 1 aromatic heterocycles. The van der Waals surface area contributed by atoms with Gasteiger partial charge in [0.05, 0.1) is 16.4 Å². The van der Waals surface area contributed by atoms with Gasteiger partial charge in [-0.25, -0.2) is 0 Å². The first-order valence-corrected chi connectivity index (χ1v) is 6.77. The van der Waals surface area contributed by atoms with Gasteiger partial charge in [0.25, 0.3) is 0 Å². The molecule has 94 valence electrons. The Morgan fingerprint density at radius 2 is 2.29 bits per heavy atom. The van der Waals surface area contributed by atoms with Crippen molar-refractivity contribution in [1.29, 1.82) is 0 Å². The smallest absolute Gasteiger partial charge is 0.0951 e. The van der Waals surface area contributed by atoms with Gasteiger partial charge in [-0.1, -0.05) is 11.6 Å². The van der Waals surface area contributed by atoms with Gasteiger partial charge in [0.1, 0.15) is 0 Å². The van der Waals surface area contributed by atoms with Gasteiger partial charge >= 0.3 is 0 Å². The third kappa shape index (κ3) is 2.21. The maximum atomic E-state index is 6.21. The number of aromatic amines is 1. The lowest BCUT2D eigenvalue weighted by Gasteiger charge is -2.37. The fraction of sp³-hybridized carbons (Fsp3) is 0.750. The van der Waals surface area contributed by atoms with Crippen molar-refractivity contribution in [2.24, 2.45) is 0 Å². The summed E-state index contributed by atoms with van der Waals surface area (Å²) in [5, 5.41) is 8.04. The predicted molar refractivity (Wildman–Crippen MR) is 68.2 cm³/mol. The second-order valence-corrected chi connectivity index (χ2v) is 5.55. The number of hydrogen-bond acceptors (Lipinski definition) is 3.